The highest BCUT2D eigenvalue weighted by Gasteiger charge is 2.25. The first-order valence-corrected chi connectivity index (χ1v) is 21.3. The molecule has 1 aliphatic rings. The van der Waals surface area contributed by atoms with Gasteiger partial charge in [0.2, 0.25) is 0 Å². The van der Waals surface area contributed by atoms with Crippen LogP contribution in [0.25, 0.3) is 99.8 Å². The van der Waals surface area contributed by atoms with Gasteiger partial charge >= 0.3 is 0 Å². The average Bonchev–Trinajstić information content (AvgIpc) is 3.74. The van der Waals surface area contributed by atoms with Crippen molar-refractivity contribution < 1.29 is 4.42 Å². The summed E-state index contributed by atoms with van der Waals surface area (Å²) in [7, 11) is 0. The van der Waals surface area contributed by atoms with Gasteiger partial charge in [-0.2, -0.15) is 0 Å². The van der Waals surface area contributed by atoms with E-state index >= 15 is 0 Å². The highest BCUT2D eigenvalue weighted by Crippen LogP contribution is 2.51. The highest BCUT2D eigenvalue weighted by atomic mass is 16.3. The molecule has 0 fully saturated rings. The van der Waals surface area contributed by atoms with Crippen LogP contribution in [0.1, 0.15) is 0 Å². The molecular weight excluding hydrogens is 751 g/mol. The predicted molar refractivity (Wildman–Crippen MR) is 260 cm³/mol. The minimum Gasteiger partial charge on any atom is -0.455 e. The number of fused-ring (bicyclic) bond motifs is 11. The Labute approximate surface area is 361 Å². The molecule has 0 atom stereocenters. The summed E-state index contributed by atoms with van der Waals surface area (Å²) in [5.41, 5.74) is 21.6. The van der Waals surface area contributed by atoms with E-state index in [4.69, 9.17) is 4.42 Å². The first-order chi connectivity index (χ1) is 30.8. The second kappa shape index (κ2) is 14.8. The molecule has 0 amide bonds. The zero-order valence-electron chi connectivity index (χ0n) is 33.9. The molecule has 1 heterocycles. The van der Waals surface area contributed by atoms with Crippen molar-refractivity contribution in [2.45, 2.75) is 0 Å². The fourth-order valence-corrected chi connectivity index (χ4v) is 9.57. The first kappa shape index (κ1) is 35.7. The Hall–Kier alpha value is -8.20. The van der Waals surface area contributed by atoms with Crippen molar-refractivity contribution >= 4 is 39.0 Å². The average molecular weight is 790 g/mol. The van der Waals surface area contributed by atoms with Crippen LogP contribution >= 0.6 is 0 Å². The maximum atomic E-state index is 6.50. The summed E-state index contributed by atoms with van der Waals surface area (Å²) < 4.78 is 6.50. The van der Waals surface area contributed by atoms with Crippen LogP contribution in [-0.2, 0) is 0 Å². The van der Waals surface area contributed by atoms with Gasteiger partial charge < -0.3 is 9.32 Å². The Kier molecular flexibility index (Phi) is 8.53. The van der Waals surface area contributed by atoms with Crippen molar-refractivity contribution in [2.75, 3.05) is 4.90 Å². The van der Waals surface area contributed by atoms with Gasteiger partial charge in [-0.3, -0.25) is 0 Å². The maximum absolute atomic E-state index is 6.50. The van der Waals surface area contributed by atoms with E-state index in [1.165, 1.54) is 55.6 Å². The van der Waals surface area contributed by atoms with Crippen molar-refractivity contribution in [1.29, 1.82) is 0 Å². The molecule has 1 aliphatic carbocycles. The lowest BCUT2D eigenvalue weighted by Gasteiger charge is -2.30. The minimum absolute atomic E-state index is 0.900. The van der Waals surface area contributed by atoms with Crippen molar-refractivity contribution in [2.24, 2.45) is 0 Å². The molecule has 0 aliphatic heterocycles. The van der Waals surface area contributed by atoms with Crippen molar-refractivity contribution in [3.05, 3.63) is 237 Å². The van der Waals surface area contributed by atoms with Crippen molar-refractivity contribution in [1.82, 2.24) is 0 Å². The standard InChI is InChI=1S/C60H39NO/c1-3-16-40(17-4-1)43-32-37-58(56(38-43)41-18-5-2-6-19-41)61(44-33-30-42(31-34-44)46-27-15-28-55-54-26-13-14-29-59(54)62-60(46)55)45-35-36-53-51-24-10-9-22-49(51)47-20-7-8-21-48(47)50-23-11-12-25-52(50)57(53)39-45/h1-39H. The van der Waals surface area contributed by atoms with E-state index in [0.717, 1.165) is 61.3 Å². The van der Waals surface area contributed by atoms with E-state index in [0.29, 0.717) is 0 Å². The van der Waals surface area contributed by atoms with Crippen LogP contribution < -0.4 is 4.90 Å². The summed E-state index contributed by atoms with van der Waals surface area (Å²) in [5.74, 6) is 0. The highest BCUT2D eigenvalue weighted by molar-refractivity contribution is 6.10. The van der Waals surface area contributed by atoms with Gasteiger partial charge in [0.25, 0.3) is 0 Å². The normalized spacial score (nSPS) is 11.5. The minimum atomic E-state index is 0.900. The molecule has 0 radical (unpaired) electrons. The third kappa shape index (κ3) is 5.96. The lowest BCUT2D eigenvalue weighted by molar-refractivity contribution is 0.670. The molecule has 290 valence electrons. The fourth-order valence-electron chi connectivity index (χ4n) is 9.57. The van der Waals surface area contributed by atoms with Gasteiger partial charge in [-0.15, -0.1) is 0 Å². The largest absolute Gasteiger partial charge is 0.455 e. The van der Waals surface area contributed by atoms with Gasteiger partial charge in [-0.25, -0.2) is 0 Å². The Bertz CT molecular complexity index is 3450. The van der Waals surface area contributed by atoms with Crippen LogP contribution in [0.3, 0.4) is 0 Å². The number of furan rings is 1. The second-order valence-corrected chi connectivity index (χ2v) is 16.0. The zero-order chi connectivity index (χ0) is 41.0. The Balaban J connectivity index is 1.09. The van der Waals surface area contributed by atoms with Gasteiger partial charge in [0, 0.05) is 33.3 Å². The SMILES string of the molecule is c1ccc(-c2ccc(N(c3ccc(-c4cccc5c4oc4ccccc45)cc3)c3ccc4c(c3)-c3ccccc3-c3ccccc3-c3ccccc3-4)c(-c3ccccc3)c2)cc1. The molecule has 11 aromatic rings. The van der Waals surface area contributed by atoms with E-state index in [1.54, 1.807) is 0 Å². The Morgan fingerprint density at radius 3 is 1.37 bits per heavy atom. The van der Waals surface area contributed by atoms with Crippen LogP contribution in [0.4, 0.5) is 17.1 Å². The topological polar surface area (TPSA) is 16.4 Å². The van der Waals surface area contributed by atoms with Gasteiger partial charge in [0.1, 0.15) is 11.2 Å². The van der Waals surface area contributed by atoms with Crippen LogP contribution in [0.15, 0.2) is 241 Å². The molecule has 0 N–H and O–H groups in total. The van der Waals surface area contributed by atoms with Crippen molar-refractivity contribution in [3.8, 4) is 77.9 Å². The monoisotopic (exact) mass is 789 g/mol. The van der Waals surface area contributed by atoms with E-state index < -0.39 is 0 Å². The van der Waals surface area contributed by atoms with Crippen LogP contribution in [0.2, 0.25) is 0 Å². The van der Waals surface area contributed by atoms with Gasteiger partial charge in [0.05, 0.1) is 5.69 Å². The molecule has 0 spiro atoms. The second-order valence-electron chi connectivity index (χ2n) is 16.0. The third-order valence-corrected chi connectivity index (χ3v) is 12.5. The molecule has 2 nitrogen and oxygen atoms in total. The number of hydrogen-bond acceptors (Lipinski definition) is 2. The molecule has 2 heteroatoms. The number of anilines is 3. The van der Waals surface area contributed by atoms with E-state index in [9.17, 15) is 0 Å². The lowest BCUT2D eigenvalue weighted by atomic mass is 9.81. The van der Waals surface area contributed by atoms with E-state index in [2.05, 4.69) is 229 Å². The van der Waals surface area contributed by atoms with Crippen LogP contribution in [-0.4, -0.2) is 0 Å². The molecule has 0 bridgehead atoms. The lowest BCUT2D eigenvalue weighted by Crippen LogP contribution is -2.12. The molecule has 10 aromatic carbocycles. The van der Waals surface area contributed by atoms with Gasteiger partial charge in [0.15, 0.2) is 0 Å². The molecular formula is C60H39NO. The van der Waals surface area contributed by atoms with Gasteiger partial charge in [-0.05, 0) is 109 Å². The maximum Gasteiger partial charge on any atom is 0.143 e. The quantitative estimate of drug-likeness (QED) is 0.167. The third-order valence-electron chi connectivity index (χ3n) is 12.5. The predicted octanol–water partition coefficient (Wildman–Crippen LogP) is 17.0. The number of para-hydroxylation sites is 2. The van der Waals surface area contributed by atoms with Gasteiger partial charge in [-0.1, -0.05) is 194 Å². The molecule has 62 heavy (non-hydrogen) atoms. The first-order valence-electron chi connectivity index (χ1n) is 21.3. The number of nitrogens with zero attached hydrogens (tertiary/aromatic N) is 1. The number of hydrogen-bond donors (Lipinski definition) is 0. The summed E-state index contributed by atoms with van der Waals surface area (Å²) in [6.45, 7) is 0. The summed E-state index contributed by atoms with van der Waals surface area (Å²) in [6, 6.07) is 85.7. The number of rotatable bonds is 6. The summed E-state index contributed by atoms with van der Waals surface area (Å²) in [6.07, 6.45) is 0. The molecule has 0 saturated carbocycles. The number of benzene rings is 10. The Morgan fingerprint density at radius 1 is 0.258 bits per heavy atom. The molecule has 1 aromatic heterocycles. The van der Waals surface area contributed by atoms with Crippen molar-refractivity contribution in [3.63, 3.8) is 0 Å². The summed E-state index contributed by atoms with van der Waals surface area (Å²) in [4.78, 5) is 2.43. The fraction of sp³-hybridized carbons (Fsp3) is 0. The smallest absolute Gasteiger partial charge is 0.143 e. The zero-order valence-corrected chi connectivity index (χ0v) is 33.9. The Morgan fingerprint density at radius 2 is 0.726 bits per heavy atom. The molecule has 0 saturated heterocycles. The molecule has 0 unspecified atom stereocenters. The summed E-state index contributed by atoms with van der Waals surface area (Å²) in [5, 5.41) is 2.26. The molecule has 12 rings (SSSR count). The van der Waals surface area contributed by atoms with Crippen LogP contribution in [0.5, 0.6) is 0 Å². The summed E-state index contributed by atoms with van der Waals surface area (Å²) >= 11 is 0. The van der Waals surface area contributed by atoms with E-state index in [-0.39, 0.29) is 0 Å². The van der Waals surface area contributed by atoms with Crippen LogP contribution in [0, 0.1) is 0 Å². The van der Waals surface area contributed by atoms with E-state index in [1.807, 2.05) is 12.1 Å².